The van der Waals surface area contributed by atoms with Gasteiger partial charge in [-0.1, -0.05) is 224 Å². The summed E-state index contributed by atoms with van der Waals surface area (Å²) >= 11 is 0. The molecule has 0 N–H and O–H groups in total. The summed E-state index contributed by atoms with van der Waals surface area (Å²) in [6.45, 7) is 40.4. The molecule has 1 radical (unpaired) electrons. The normalized spacial score (nSPS) is 11.9. The first kappa shape index (κ1) is 70.2. The van der Waals surface area contributed by atoms with Crippen LogP contribution in [-0.4, -0.2) is 29.5 Å². The van der Waals surface area contributed by atoms with Crippen LogP contribution in [0.3, 0.4) is 0 Å². The summed E-state index contributed by atoms with van der Waals surface area (Å²) in [6, 6.07) is 73.4. The molecule has 0 aliphatic heterocycles. The molecular weight excluding hydrogens is 1320 g/mol. The molecule has 7 heteroatoms. The number of benzene rings is 9. The molecule has 0 saturated heterocycles. The van der Waals surface area contributed by atoms with Crippen LogP contribution >= 0.6 is 0 Å². The number of unbranched alkanes of at least 4 members (excludes halogenated alkanes) is 3. The third-order valence-corrected chi connectivity index (χ3v) is 18.5. The van der Waals surface area contributed by atoms with Gasteiger partial charge >= 0.3 is 0 Å². The van der Waals surface area contributed by atoms with E-state index in [0.29, 0.717) is 5.82 Å². The van der Waals surface area contributed by atoms with Crippen molar-refractivity contribution in [2.45, 2.75) is 191 Å². The molecule has 487 valence electrons. The molecule has 9 aromatic carbocycles. The Morgan fingerprint density at radius 1 is 0.447 bits per heavy atom. The van der Waals surface area contributed by atoms with E-state index in [4.69, 9.17) is 10.1 Å². The van der Waals surface area contributed by atoms with Gasteiger partial charge in [-0.25, -0.2) is 0 Å². The molecule has 11 rings (SSSR count). The van der Waals surface area contributed by atoms with E-state index in [1.807, 2.05) is 24.3 Å². The molecule has 0 aliphatic rings. The Bertz CT molecular complexity index is 4210. The van der Waals surface area contributed by atoms with E-state index in [0.717, 1.165) is 63.8 Å². The van der Waals surface area contributed by atoms with Crippen LogP contribution in [-0.2, 0) is 42.8 Å². The zero-order chi connectivity index (χ0) is 66.5. The zero-order valence-electron chi connectivity index (χ0n) is 59.2. The van der Waals surface area contributed by atoms with Gasteiger partial charge in [0.05, 0.1) is 17.3 Å². The molecule has 6 nitrogen and oxygen atoms in total. The first-order chi connectivity index (χ1) is 44.3. The molecule has 0 bridgehead atoms. The number of aryl methyl sites for hydroxylation is 5. The van der Waals surface area contributed by atoms with Crippen LogP contribution in [0, 0.1) is 39.8 Å². The van der Waals surface area contributed by atoms with Crippen LogP contribution in [0.25, 0.3) is 90.0 Å². The predicted octanol–water partition coefficient (Wildman–Crippen LogP) is 23.7. The zero-order valence-corrected chi connectivity index (χ0v) is 61.6. The second-order valence-corrected chi connectivity index (χ2v) is 29.3. The number of nitrogens with zero attached hydrogens (tertiary/aromatic N) is 6. The SMILES string of the molecule is CCCCCCc1cc(C)c(-n2c(-c3[c-]cccc3)nnc2C(C)(C)CC)c(C)c1.Cc1cc(C)cc(-c2nc(-c3[c-]ccc(-c4cc(-c5ccc(C(C)(C)C)cc5)cc(-c5ccc(C(C)(C)C)cc5)c4)c3)n(-c3c(C(C)C)cc(-c4ccccc4)cc3C(C)C)n2)c1.[Ir]. The predicted molar refractivity (Wildman–Crippen MR) is 394 cm³/mol. The van der Waals surface area contributed by atoms with Crippen molar-refractivity contribution in [3.63, 3.8) is 0 Å². The largest absolute Gasteiger partial charge is 0.319 e. The van der Waals surface area contributed by atoms with Gasteiger partial charge in [0.15, 0.2) is 5.82 Å². The van der Waals surface area contributed by atoms with E-state index >= 15 is 0 Å². The van der Waals surface area contributed by atoms with Gasteiger partial charge < -0.3 is 4.57 Å². The van der Waals surface area contributed by atoms with Gasteiger partial charge in [0.1, 0.15) is 5.82 Å². The summed E-state index contributed by atoms with van der Waals surface area (Å²) in [4.78, 5) is 5.43. The van der Waals surface area contributed by atoms with Gasteiger partial charge in [-0.2, -0.15) is 10.2 Å². The Labute approximate surface area is 577 Å². The van der Waals surface area contributed by atoms with E-state index in [-0.39, 0.29) is 48.2 Å². The standard InChI is InChI=1S/C60H62N3.C27H36N3.Ir/c1-38(2)54-36-50(42-17-14-13-15-18-42)37-55(39(3)4)56(54)63-58(61-57(62-63)51-30-40(5)29-41(6)31-51)46-20-16-19-45(32-46)49-34-47(43-21-25-52(26-22-43)59(7,8)9)33-48(35-49)44-23-27-53(28-24-44)60(10,11)12;1-7-9-10-12-15-22-18-20(3)24(21(4)19-22)30-25(23-16-13-11-14-17-23)28-29-26(30)27(5,6)8-2;/h13-19,21-39H,1-12H3;11,13-14,16,18-19H,7-10,12,15H2,1-6H3;/q2*-1;. The Balaban J connectivity index is 0.000000281. The Morgan fingerprint density at radius 3 is 1.48 bits per heavy atom. The quantitative estimate of drug-likeness (QED) is 0.0634. The molecular formula is C87H98IrN6-2. The summed E-state index contributed by atoms with van der Waals surface area (Å²) in [7, 11) is 0. The van der Waals surface area contributed by atoms with E-state index < -0.39 is 0 Å². The maximum Gasteiger partial charge on any atom is 0.171 e. The van der Waals surface area contributed by atoms with Crippen molar-refractivity contribution in [2.24, 2.45) is 0 Å². The maximum atomic E-state index is 5.44. The van der Waals surface area contributed by atoms with Crippen molar-refractivity contribution in [1.29, 1.82) is 0 Å². The van der Waals surface area contributed by atoms with Crippen molar-refractivity contribution < 1.29 is 20.1 Å². The number of aromatic nitrogens is 6. The molecule has 0 atom stereocenters. The van der Waals surface area contributed by atoms with Gasteiger partial charge in [0.25, 0.3) is 0 Å². The smallest absolute Gasteiger partial charge is 0.171 e. The van der Waals surface area contributed by atoms with Gasteiger partial charge in [-0.3, -0.25) is 9.67 Å². The van der Waals surface area contributed by atoms with Crippen LogP contribution in [0.4, 0.5) is 0 Å². The van der Waals surface area contributed by atoms with E-state index in [2.05, 4.69) is 314 Å². The first-order valence-electron chi connectivity index (χ1n) is 34.0. The average molecular weight is 1420 g/mol. The first-order valence-corrected chi connectivity index (χ1v) is 34.0. The molecule has 0 spiro atoms. The summed E-state index contributed by atoms with van der Waals surface area (Å²) in [5, 5.41) is 14.8. The van der Waals surface area contributed by atoms with Gasteiger partial charge in [0, 0.05) is 36.8 Å². The summed E-state index contributed by atoms with van der Waals surface area (Å²) in [6.07, 6.45) is 7.32. The fourth-order valence-corrected chi connectivity index (χ4v) is 12.8. The number of hydrogen-bond acceptors (Lipinski definition) is 4. The molecule has 2 aromatic heterocycles. The van der Waals surface area contributed by atoms with E-state index in [1.165, 1.54) is 115 Å². The van der Waals surface area contributed by atoms with Crippen LogP contribution in [0.1, 0.15) is 197 Å². The minimum atomic E-state index is -0.0717. The van der Waals surface area contributed by atoms with Crippen molar-refractivity contribution in [1.82, 2.24) is 29.5 Å². The molecule has 0 amide bonds. The molecule has 0 unspecified atom stereocenters. The van der Waals surface area contributed by atoms with Crippen LogP contribution in [0.15, 0.2) is 182 Å². The Morgan fingerprint density at radius 2 is 0.968 bits per heavy atom. The Hall–Kier alpha value is -8.09. The summed E-state index contributed by atoms with van der Waals surface area (Å²) in [5.74, 6) is 3.82. The minimum absolute atomic E-state index is 0. The molecule has 0 fully saturated rings. The fraction of sp³-hybridized carbons (Fsp3) is 0.333. The fourth-order valence-electron chi connectivity index (χ4n) is 12.8. The molecule has 11 aromatic rings. The molecule has 94 heavy (non-hydrogen) atoms. The van der Waals surface area contributed by atoms with Crippen molar-refractivity contribution in [2.75, 3.05) is 0 Å². The summed E-state index contributed by atoms with van der Waals surface area (Å²) in [5.41, 5.74) is 26.2. The monoisotopic (exact) mass is 1420 g/mol. The van der Waals surface area contributed by atoms with E-state index in [9.17, 15) is 0 Å². The molecule has 0 saturated carbocycles. The van der Waals surface area contributed by atoms with Crippen LogP contribution in [0.2, 0.25) is 0 Å². The van der Waals surface area contributed by atoms with Gasteiger partial charge in [-0.05, 0) is 190 Å². The Kier molecular flexibility index (Phi) is 22.2. The molecule has 0 aliphatic carbocycles. The number of hydrogen-bond donors (Lipinski definition) is 0. The topological polar surface area (TPSA) is 61.4 Å². The van der Waals surface area contributed by atoms with Crippen LogP contribution in [0.5, 0.6) is 0 Å². The van der Waals surface area contributed by atoms with Crippen molar-refractivity contribution >= 4 is 0 Å². The summed E-state index contributed by atoms with van der Waals surface area (Å²) < 4.78 is 4.40. The average Bonchev–Trinajstić information content (AvgIpc) is 1.51. The second-order valence-electron chi connectivity index (χ2n) is 29.3. The van der Waals surface area contributed by atoms with Crippen molar-refractivity contribution in [3.05, 3.63) is 250 Å². The van der Waals surface area contributed by atoms with Gasteiger partial charge in [-0.15, -0.1) is 76.4 Å². The molecule has 2 heterocycles. The maximum absolute atomic E-state index is 5.44. The number of rotatable bonds is 18. The van der Waals surface area contributed by atoms with Crippen LogP contribution < -0.4 is 0 Å². The minimum Gasteiger partial charge on any atom is -0.319 e. The third kappa shape index (κ3) is 16.0. The van der Waals surface area contributed by atoms with Gasteiger partial charge in [0.2, 0.25) is 0 Å². The van der Waals surface area contributed by atoms with Crippen molar-refractivity contribution in [3.8, 4) is 90.0 Å². The third-order valence-electron chi connectivity index (χ3n) is 18.5. The second kappa shape index (κ2) is 29.7. The van der Waals surface area contributed by atoms with E-state index in [1.54, 1.807) is 0 Å².